The molecular formula is C9H7ClN2O2. The molecule has 1 aromatic carbocycles. The number of benzene rings is 1. The van der Waals surface area contributed by atoms with Gasteiger partial charge < -0.3 is 5.11 Å². The van der Waals surface area contributed by atoms with Crippen molar-refractivity contribution in [3.8, 4) is 0 Å². The van der Waals surface area contributed by atoms with Crippen molar-refractivity contribution in [2.45, 2.75) is 6.61 Å². The predicted molar refractivity (Wildman–Crippen MR) is 53.3 cm³/mol. The van der Waals surface area contributed by atoms with Gasteiger partial charge in [0.15, 0.2) is 0 Å². The number of aliphatic hydroxyl groups is 1. The van der Waals surface area contributed by atoms with E-state index in [0.717, 1.165) is 0 Å². The van der Waals surface area contributed by atoms with Crippen LogP contribution in [-0.2, 0) is 6.61 Å². The molecule has 0 fully saturated rings. The zero-order chi connectivity index (χ0) is 10.1. The second-order valence-corrected chi connectivity index (χ2v) is 3.28. The van der Waals surface area contributed by atoms with Crippen molar-refractivity contribution in [1.29, 1.82) is 0 Å². The Balaban J connectivity index is 2.87. The Morgan fingerprint density at radius 3 is 3.00 bits per heavy atom. The number of aromatic nitrogens is 2. The first kappa shape index (κ1) is 9.18. The van der Waals surface area contributed by atoms with E-state index in [4.69, 9.17) is 16.7 Å². The van der Waals surface area contributed by atoms with Crippen LogP contribution in [-0.4, -0.2) is 15.3 Å². The number of aliphatic hydroxyl groups excluding tert-OH is 1. The van der Waals surface area contributed by atoms with Gasteiger partial charge in [0.2, 0.25) is 5.43 Å². The lowest BCUT2D eigenvalue weighted by molar-refractivity contribution is 0.274. The molecule has 0 aliphatic rings. The fourth-order valence-electron chi connectivity index (χ4n) is 1.24. The molecule has 0 spiro atoms. The monoisotopic (exact) mass is 210 g/mol. The molecule has 14 heavy (non-hydrogen) atoms. The Morgan fingerprint density at radius 2 is 2.29 bits per heavy atom. The second kappa shape index (κ2) is 3.40. The normalized spacial score (nSPS) is 10.7. The molecule has 4 nitrogen and oxygen atoms in total. The average Bonchev–Trinajstić information content (AvgIpc) is 2.20. The summed E-state index contributed by atoms with van der Waals surface area (Å²) in [5.74, 6) is 0. The van der Waals surface area contributed by atoms with Gasteiger partial charge in [-0.1, -0.05) is 11.6 Å². The molecule has 2 rings (SSSR count). The minimum absolute atomic E-state index is 0.0970. The van der Waals surface area contributed by atoms with Crippen LogP contribution in [0.5, 0.6) is 0 Å². The third-order valence-corrected chi connectivity index (χ3v) is 2.18. The Bertz CT molecular complexity index is 536. The number of rotatable bonds is 1. The molecule has 1 heterocycles. The molecule has 2 aromatic rings. The van der Waals surface area contributed by atoms with Crippen LogP contribution < -0.4 is 5.43 Å². The summed E-state index contributed by atoms with van der Waals surface area (Å²) < 4.78 is 0. The van der Waals surface area contributed by atoms with Crippen molar-refractivity contribution >= 4 is 22.5 Å². The smallest absolute Gasteiger partial charge is 0.213 e. The van der Waals surface area contributed by atoms with Crippen LogP contribution in [0.2, 0.25) is 5.02 Å². The highest BCUT2D eigenvalue weighted by Gasteiger charge is 2.05. The lowest BCUT2D eigenvalue weighted by atomic mass is 10.2. The van der Waals surface area contributed by atoms with E-state index in [9.17, 15) is 4.79 Å². The summed E-state index contributed by atoms with van der Waals surface area (Å²) in [6, 6.07) is 4.89. The molecule has 0 amide bonds. The summed E-state index contributed by atoms with van der Waals surface area (Å²) in [7, 11) is 0. The predicted octanol–water partition coefficient (Wildman–Crippen LogP) is 1.07. The molecule has 5 heteroatoms. The molecule has 0 atom stereocenters. The van der Waals surface area contributed by atoms with Crippen molar-refractivity contribution in [1.82, 2.24) is 10.2 Å². The van der Waals surface area contributed by atoms with Gasteiger partial charge >= 0.3 is 0 Å². The maximum Gasteiger partial charge on any atom is 0.213 e. The summed E-state index contributed by atoms with van der Waals surface area (Å²) in [5, 5.41) is 16.2. The van der Waals surface area contributed by atoms with Crippen molar-refractivity contribution in [3.05, 3.63) is 39.1 Å². The van der Waals surface area contributed by atoms with Gasteiger partial charge in [-0.15, -0.1) is 0 Å². The van der Waals surface area contributed by atoms with E-state index in [1.165, 1.54) is 0 Å². The van der Waals surface area contributed by atoms with Crippen LogP contribution >= 0.6 is 11.6 Å². The first-order valence-corrected chi connectivity index (χ1v) is 4.38. The highest BCUT2D eigenvalue weighted by molar-refractivity contribution is 6.31. The minimum atomic E-state index is -0.377. The minimum Gasteiger partial charge on any atom is -0.390 e. The number of H-pyrrole nitrogens is 1. The number of aromatic amines is 1. The van der Waals surface area contributed by atoms with Crippen LogP contribution in [0.1, 0.15) is 5.69 Å². The van der Waals surface area contributed by atoms with Crippen LogP contribution in [0.25, 0.3) is 10.9 Å². The zero-order valence-corrected chi connectivity index (χ0v) is 7.88. The van der Waals surface area contributed by atoms with Gasteiger partial charge in [-0.3, -0.25) is 9.89 Å². The van der Waals surface area contributed by atoms with Crippen molar-refractivity contribution in [3.63, 3.8) is 0 Å². The lowest BCUT2D eigenvalue weighted by Gasteiger charge is -1.99. The molecule has 2 N–H and O–H groups in total. The van der Waals surface area contributed by atoms with Gasteiger partial charge in [0, 0.05) is 5.02 Å². The van der Waals surface area contributed by atoms with Gasteiger partial charge in [-0.25, -0.2) is 0 Å². The van der Waals surface area contributed by atoms with E-state index in [1.807, 2.05) is 0 Å². The summed E-state index contributed by atoms with van der Waals surface area (Å²) in [5.41, 5.74) is 0.417. The summed E-state index contributed by atoms with van der Waals surface area (Å²) in [6.45, 7) is -0.377. The standard InChI is InChI=1S/C9H7ClN2O2/c10-5-1-2-7-6(3-5)9(14)8(4-13)12-11-7/h1-3,13H,4H2,(H,11,14). The number of hydrogen-bond acceptors (Lipinski definition) is 3. The maximum atomic E-state index is 11.6. The third kappa shape index (κ3) is 1.38. The molecule has 0 saturated heterocycles. The SMILES string of the molecule is O=c1c(CO)n[nH]c2ccc(Cl)cc12. The van der Waals surface area contributed by atoms with Crippen molar-refractivity contribution in [2.24, 2.45) is 0 Å². The fourth-order valence-corrected chi connectivity index (χ4v) is 1.42. The molecule has 1 aromatic heterocycles. The summed E-state index contributed by atoms with van der Waals surface area (Å²) in [6.07, 6.45) is 0. The number of halogens is 1. The largest absolute Gasteiger partial charge is 0.390 e. The molecule has 0 radical (unpaired) electrons. The Hall–Kier alpha value is -1.39. The molecular weight excluding hydrogens is 204 g/mol. The summed E-state index contributed by atoms with van der Waals surface area (Å²) in [4.78, 5) is 11.6. The number of fused-ring (bicyclic) bond motifs is 1. The van der Waals surface area contributed by atoms with Gasteiger partial charge in [-0.05, 0) is 18.2 Å². The topological polar surface area (TPSA) is 66.0 Å². The van der Waals surface area contributed by atoms with E-state index < -0.39 is 0 Å². The average molecular weight is 211 g/mol. The zero-order valence-electron chi connectivity index (χ0n) is 7.12. The molecule has 72 valence electrons. The number of nitrogens with one attached hydrogen (secondary N) is 1. The lowest BCUT2D eigenvalue weighted by Crippen LogP contribution is -2.13. The van der Waals surface area contributed by atoms with Gasteiger partial charge in [0.05, 0.1) is 17.5 Å². The van der Waals surface area contributed by atoms with Crippen molar-refractivity contribution < 1.29 is 5.11 Å². The first-order chi connectivity index (χ1) is 6.72. The van der Waals surface area contributed by atoms with Crippen LogP contribution in [0.15, 0.2) is 23.0 Å². The number of nitrogens with zero attached hydrogens (tertiary/aromatic N) is 1. The van der Waals surface area contributed by atoms with Crippen molar-refractivity contribution in [2.75, 3.05) is 0 Å². The van der Waals surface area contributed by atoms with E-state index in [2.05, 4.69) is 10.2 Å². The summed E-state index contributed by atoms with van der Waals surface area (Å²) >= 11 is 5.75. The molecule has 0 aliphatic carbocycles. The molecule has 0 unspecified atom stereocenters. The quantitative estimate of drug-likeness (QED) is 0.740. The van der Waals surface area contributed by atoms with Crippen LogP contribution in [0, 0.1) is 0 Å². The van der Waals surface area contributed by atoms with E-state index in [-0.39, 0.29) is 17.7 Å². The first-order valence-electron chi connectivity index (χ1n) is 4.00. The maximum absolute atomic E-state index is 11.6. The van der Waals surface area contributed by atoms with E-state index in [1.54, 1.807) is 18.2 Å². The third-order valence-electron chi connectivity index (χ3n) is 1.95. The Morgan fingerprint density at radius 1 is 1.50 bits per heavy atom. The molecule has 0 aliphatic heterocycles. The van der Waals surface area contributed by atoms with Gasteiger partial charge in [0.1, 0.15) is 5.69 Å². The van der Waals surface area contributed by atoms with Gasteiger partial charge in [-0.2, -0.15) is 5.10 Å². The van der Waals surface area contributed by atoms with Crippen LogP contribution in [0.3, 0.4) is 0 Å². The second-order valence-electron chi connectivity index (χ2n) is 2.85. The molecule has 0 saturated carbocycles. The highest BCUT2D eigenvalue weighted by Crippen LogP contribution is 2.14. The highest BCUT2D eigenvalue weighted by atomic mass is 35.5. The number of hydrogen-bond donors (Lipinski definition) is 2. The molecule has 0 bridgehead atoms. The fraction of sp³-hybridized carbons (Fsp3) is 0.111. The van der Waals surface area contributed by atoms with E-state index >= 15 is 0 Å². The van der Waals surface area contributed by atoms with E-state index in [0.29, 0.717) is 15.9 Å². The Kier molecular flexibility index (Phi) is 2.23. The Labute approximate surface area is 84.1 Å². The van der Waals surface area contributed by atoms with Gasteiger partial charge in [0.25, 0.3) is 0 Å². The van der Waals surface area contributed by atoms with Crippen LogP contribution in [0.4, 0.5) is 0 Å².